The molecule has 0 atom stereocenters. The molecule has 13 rings (SSSR count). The number of hydrogen-bond acceptors (Lipinski definition) is 3. The third-order valence-electron chi connectivity index (χ3n) is 13.8. The van der Waals surface area contributed by atoms with E-state index in [1.54, 1.807) is 0 Å². The van der Waals surface area contributed by atoms with Crippen LogP contribution in [0.25, 0.3) is 133 Å². The van der Waals surface area contributed by atoms with Crippen molar-refractivity contribution in [2.24, 2.45) is 0 Å². The highest BCUT2D eigenvalue weighted by Crippen LogP contribution is 2.40. The summed E-state index contributed by atoms with van der Waals surface area (Å²) in [4.78, 5) is 16.1. The summed E-state index contributed by atoms with van der Waals surface area (Å²) in [5, 5.41) is 7.25. The van der Waals surface area contributed by atoms with Crippen LogP contribution < -0.4 is 0 Å². The molecule has 0 radical (unpaired) electrons. The summed E-state index contributed by atoms with van der Waals surface area (Å²) in [6, 6.07) is 97.5. The minimum atomic E-state index is 0.602. The molecule has 0 saturated carbocycles. The molecular weight excluding hydrogens is 871 g/mol. The van der Waals surface area contributed by atoms with Gasteiger partial charge in [-0.05, 0) is 154 Å². The van der Waals surface area contributed by atoms with E-state index in [-0.39, 0.29) is 0 Å². The lowest BCUT2D eigenvalue weighted by atomic mass is 9.92. The van der Waals surface area contributed by atoms with Crippen molar-refractivity contribution in [1.29, 1.82) is 0 Å². The highest BCUT2D eigenvalue weighted by Gasteiger charge is 2.18. The number of fused-ring (bicyclic) bond motifs is 6. The van der Waals surface area contributed by atoms with Crippen molar-refractivity contribution < 1.29 is 0 Å². The van der Waals surface area contributed by atoms with Crippen LogP contribution in [0.15, 0.2) is 273 Å². The molecule has 0 aliphatic rings. The van der Waals surface area contributed by atoms with E-state index < -0.39 is 0 Å². The molecule has 12 aromatic carbocycles. The number of rotatable bonds is 9. The second-order valence-electron chi connectivity index (χ2n) is 18.4. The molecule has 0 spiro atoms. The average Bonchev–Trinajstić information content (AvgIpc) is 3.47. The summed E-state index contributed by atoms with van der Waals surface area (Å²) in [6.45, 7) is 0. The second-order valence-corrected chi connectivity index (χ2v) is 18.4. The summed E-state index contributed by atoms with van der Waals surface area (Å²) in [5.74, 6) is 1.82. The van der Waals surface area contributed by atoms with E-state index in [0.29, 0.717) is 17.5 Å². The van der Waals surface area contributed by atoms with Crippen molar-refractivity contribution in [3.8, 4) is 101 Å². The summed E-state index contributed by atoms with van der Waals surface area (Å²) < 4.78 is 0. The Morgan fingerprint density at radius 1 is 0.139 bits per heavy atom. The SMILES string of the molecule is c1ccc(-c2cc(-c3ccccc3)cc(-c3cccc(-c4nc(-c5cccc(-c6cc(-c7ccccc7)cc(-c7ccccc7)c6)c5)nc(-c5ccc6c7ccccc7c7ccccc7c6c5)n4)c3)c2)cc1. The Kier molecular flexibility index (Phi) is 10.9. The topological polar surface area (TPSA) is 38.7 Å². The van der Waals surface area contributed by atoms with Gasteiger partial charge in [0.05, 0.1) is 0 Å². The van der Waals surface area contributed by atoms with Crippen molar-refractivity contribution in [2.45, 2.75) is 0 Å². The van der Waals surface area contributed by atoms with Crippen LogP contribution in [0.1, 0.15) is 0 Å². The lowest BCUT2D eigenvalue weighted by molar-refractivity contribution is 1.07. The van der Waals surface area contributed by atoms with Crippen LogP contribution in [-0.4, -0.2) is 15.0 Å². The Bertz CT molecular complexity index is 3790. The predicted octanol–water partition coefficient (Wildman–Crippen LogP) is 18.3. The molecule has 1 aromatic heterocycles. The van der Waals surface area contributed by atoms with E-state index in [4.69, 9.17) is 15.0 Å². The molecule has 0 aliphatic heterocycles. The lowest BCUT2D eigenvalue weighted by Crippen LogP contribution is -2.00. The number of benzene rings is 12. The van der Waals surface area contributed by atoms with Gasteiger partial charge in [-0.15, -0.1) is 0 Å². The zero-order valence-electron chi connectivity index (χ0n) is 39.3. The van der Waals surface area contributed by atoms with Crippen LogP contribution in [0, 0.1) is 0 Å². The molecule has 13 aromatic rings. The molecule has 0 aliphatic carbocycles. The maximum atomic E-state index is 5.36. The fraction of sp³-hybridized carbons (Fsp3) is 0. The third-order valence-corrected chi connectivity index (χ3v) is 13.8. The van der Waals surface area contributed by atoms with E-state index >= 15 is 0 Å². The number of aromatic nitrogens is 3. The molecule has 0 amide bonds. The highest BCUT2D eigenvalue weighted by atomic mass is 15.0. The minimum Gasteiger partial charge on any atom is -0.208 e. The molecule has 336 valence electrons. The maximum Gasteiger partial charge on any atom is 0.164 e. The van der Waals surface area contributed by atoms with Gasteiger partial charge in [-0.2, -0.15) is 0 Å². The Morgan fingerprint density at radius 3 is 0.722 bits per heavy atom. The van der Waals surface area contributed by atoms with E-state index in [1.165, 1.54) is 49.2 Å². The van der Waals surface area contributed by atoms with E-state index in [9.17, 15) is 0 Å². The van der Waals surface area contributed by atoms with Gasteiger partial charge in [-0.25, -0.2) is 15.0 Å². The molecule has 0 N–H and O–H groups in total. The molecule has 3 nitrogen and oxygen atoms in total. The Labute approximate surface area is 419 Å². The van der Waals surface area contributed by atoms with Crippen molar-refractivity contribution >= 4 is 32.3 Å². The fourth-order valence-corrected chi connectivity index (χ4v) is 10.3. The monoisotopic (exact) mass is 915 g/mol. The van der Waals surface area contributed by atoms with Gasteiger partial charge in [0.25, 0.3) is 0 Å². The summed E-state index contributed by atoms with van der Waals surface area (Å²) in [7, 11) is 0. The average molecular weight is 916 g/mol. The molecule has 0 saturated heterocycles. The van der Waals surface area contributed by atoms with Crippen LogP contribution >= 0.6 is 0 Å². The number of hydrogen-bond donors (Lipinski definition) is 0. The Hall–Kier alpha value is -9.57. The van der Waals surface area contributed by atoms with Crippen LogP contribution in [0.3, 0.4) is 0 Å². The first-order valence-corrected chi connectivity index (χ1v) is 24.5. The first-order chi connectivity index (χ1) is 35.6. The van der Waals surface area contributed by atoms with Gasteiger partial charge in [0, 0.05) is 16.7 Å². The van der Waals surface area contributed by atoms with Crippen LogP contribution in [0.5, 0.6) is 0 Å². The van der Waals surface area contributed by atoms with Crippen LogP contribution in [0.2, 0.25) is 0 Å². The van der Waals surface area contributed by atoms with Gasteiger partial charge in [0.2, 0.25) is 0 Å². The fourth-order valence-electron chi connectivity index (χ4n) is 10.3. The maximum absolute atomic E-state index is 5.36. The molecule has 3 heteroatoms. The Morgan fingerprint density at radius 2 is 0.375 bits per heavy atom. The molecule has 0 fully saturated rings. The zero-order chi connectivity index (χ0) is 47.8. The van der Waals surface area contributed by atoms with E-state index in [1.807, 2.05) is 0 Å². The van der Waals surface area contributed by atoms with E-state index in [0.717, 1.165) is 66.6 Å². The molecular formula is C69H45N3. The minimum absolute atomic E-state index is 0.602. The van der Waals surface area contributed by atoms with Crippen molar-refractivity contribution in [3.63, 3.8) is 0 Å². The number of nitrogens with zero attached hydrogens (tertiary/aromatic N) is 3. The first kappa shape index (κ1) is 42.5. The van der Waals surface area contributed by atoms with Gasteiger partial charge in [0.15, 0.2) is 17.5 Å². The molecule has 1 heterocycles. The van der Waals surface area contributed by atoms with Gasteiger partial charge in [-0.3, -0.25) is 0 Å². The smallest absolute Gasteiger partial charge is 0.164 e. The summed E-state index contributed by atoms with van der Waals surface area (Å²) in [5.41, 5.74) is 16.4. The van der Waals surface area contributed by atoms with Gasteiger partial charge < -0.3 is 0 Å². The normalized spacial score (nSPS) is 11.3. The second kappa shape index (κ2) is 18.4. The highest BCUT2D eigenvalue weighted by molar-refractivity contribution is 6.25. The Balaban J connectivity index is 0.986. The standard InChI is InChI=1S/C69H45N3/c1-5-19-46(20-6-1)55-39-56(47-21-7-2-8-22-47)42-59(41-55)50-27-17-29-52(37-50)67-70-68(72-69(71-67)54-35-36-65-63-33-14-13-31-61(63)62-32-15-16-34-64(62)66(65)45-54)53-30-18-28-51(38-53)60-43-57(48-23-9-3-10-24-48)40-58(44-60)49-25-11-4-12-26-49/h1-45H. The van der Waals surface area contributed by atoms with E-state index in [2.05, 4.69) is 273 Å². The summed E-state index contributed by atoms with van der Waals surface area (Å²) in [6.07, 6.45) is 0. The first-order valence-electron chi connectivity index (χ1n) is 24.5. The van der Waals surface area contributed by atoms with Gasteiger partial charge >= 0.3 is 0 Å². The quantitative estimate of drug-likeness (QED) is 0.135. The van der Waals surface area contributed by atoms with Crippen LogP contribution in [-0.2, 0) is 0 Å². The van der Waals surface area contributed by atoms with Gasteiger partial charge in [0.1, 0.15) is 0 Å². The largest absolute Gasteiger partial charge is 0.208 e. The summed E-state index contributed by atoms with van der Waals surface area (Å²) >= 11 is 0. The predicted molar refractivity (Wildman–Crippen MR) is 301 cm³/mol. The van der Waals surface area contributed by atoms with Crippen LogP contribution in [0.4, 0.5) is 0 Å². The van der Waals surface area contributed by atoms with Gasteiger partial charge in [-0.1, -0.05) is 218 Å². The molecule has 0 bridgehead atoms. The zero-order valence-corrected chi connectivity index (χ0v) is 39.3. The van der Waals surface area contributed by atoms with Crippen molar-refractivity contribution in [2.75, 3.05) is 0 Å². The molecule has 0 unspecified atom stereocenters. The lowest BCUT2D eigenvalue weighted by Gasteiger charge is -2.14. The van der Waals surface area contributed by atoms with Crippen molar-refractivity contribution in [3.05, 3.63) is 273 Å². The molecule has 72 heavy (non-hydrogen) atoms. The van der Waals surface area contributed by atoms with Crippen molar-refractivity contribution in [1.82, 2.24) is 15.0 Å². The third kappa shape index (κ3) is 8.19.